The first-order valence-corrected chi connectivity index (χ1v) is 6.96. The molecule has 0 aliphatic heterocycles. The van der Waals surface area contributed by atoms with E-state index < -0.39 is 11.7 Å². The highest BCUT2D eigenvalue weighted by molar-refractivity contribution is 5.28. The smallest absolute Gasteiger partial charge is 0.316 e. The van der Waals surface area contributed by atoms with Crippen LogP contribution in [0.4, 0.5) is 13.2 Å². The van der Waals surface area contributed by atoms with Gasteiger partial charge in [0.05, 0.1) is 5.56 Å². The summed E-state index contributed by atoms with van der Waals surface area (Å²) >= 11 is 0. The van der Waals surface area contributed by atoms with Crippen LogP contribution in [0.5, 0.6) is 0 Å². The lowest BCUT2D eigenvalue weighted by Crippen LogP contribution is -2.15. The van der Waals surface area contributed by atoms with Gasteiger partial charge in [-0.2, -0.15) is 13.2 Å². The minimum absolute atomic E-state index is 0.567. The van der Waals surface area contributed by atoms with Crippen LogP contribution in [0.25, 0.3) is 0 Å². The molecule has 0 spiro atoms. The molecule has 0 bridgehead atoms. The fraction of sp³-hybridized carbons (Fsp3) is 0.500. The molecular formula is C16H22F3N. The van der Waals surface area contributed by atoms with Crippen LogP contribution in [-0.2, 0) is 12.6 Å². The van der Waals surface area contributed by atoms with E-state index in [1.807, 2.05) is 6.92 Å². The van der Waals surface area contributed by atoms with E-state index in [2.05, 4.69) is 18.3 Å². The molecule has 0 radical (unpaired) electrons. The highest BCUT2D eigenvalue weighted by Gasteiger charge is 2.30. The lowest BCUT2D eigenvalue weighted by atomic mass is 10.0. The van der Waals surface area contributed by atoms with E-state index >= 15 is 0 Å². The third-order valence-electron chi connectivity index (χ3n) is 2.98. The fourth-order valence-corrected chi connectivity index (χ4v) is 1.97. The summed E-state index contributed by atoms with van der Waals surface area (Å²) in [4.78, 5) is 0. The third kappa shape index (κ3) is 6.24. The summed E-state index contributed by atoms with van der Waals surface area (Å²) in [5.74, 6) is 0. The lowest BCUT2D eigenvalue weighted by Gasteiger charge is -2.09. The van der Waals surface area contributed by atoms with Gasteiger partial charge in [-0.25, -0.2) is 0 Å². The molecule has 1 rings (SSSR count). The Balaban J connectivity index is 2.53. The first-order chi connectivity index (χ1) is 9.43. The summed E-state index contributed by atoms with van der Waals surface area (Å²) < 4.78 is 37.8. The van der Waals surface area contributed by atoms with E-state index in [-0.39, 0.29) is 0 Å². The molecule has 0 amide bonds. The number of hydrogen-bond donors (Lipinski definition) is 1. The highest BCUT2D eigenvalue weighted by Crippen LogP contribution is 2.29. The summed E-state index contributed by atoms with van der Waals surface area (Å²) in [6.07, 6.45) is 0.399. The van der Waals surface area contributed by atoms with Crippen molar-refractivity contribution in [1.82, 2.24) is 5.32 Å². The van der Waals surface area contributed by atoms with Gasteiger partial charge in [0.2, 0.25) is 0 Å². The van der Waals surface area contributed by atoms with Gasteiger partial charge in [0.25, 0.3) is 0 Å². The van der Waals surface area contributed by atoms with Crippen LogP contribution in [0.1, 0.15) is 37.8 Å². The van der Waals surface area contributed by atoms with Crippen molar-refractivity contribution in [3.63, 3.8) is 0 Å². The summed E-state index contributed by atoms with van der Waals surface area (Å²) in [5.41, 5.74) is 1.23. The van der Waals surface area contributed by atoms with Gasteiger partial charge in [0.1, 0.15) is 0 Å². The molecule has 0 saturated carbocycles. The molecule has 1 nitrogen and oxygen atoms in total. The molecule has 0 saturated heterocycles. The van der Waals surface area contributed by atoms with Crippen molar-refractivity contribution in [1.29, 1.82) is 0 Å². The Labute approximate surface area is 118 Å². The average molecular weight is 285 g/mol. The quantitative estimate of drug-likeness (QED) is 0.571. The summed E-state index contributed by atoms with van der Waals surface area (Å²) in [6, 6.07) is 5.54. The Morgan fingerprint density at radius 2 is 2.00 bits per heavy atom. The Morgan fingerprint density at radius 3 is 2.65 bits per heavy atom. The van der Waals surface area contributed by atoms with Gasteiger partial charge in [-0.05, 0) is 50.9 Å². The first-order valence-electron chi connectivity index (χ1n) is 6.96. The molecule has 1 aromatic carbocycles. The minimum atomic E-state index is -4.27. The number of allylic oxidation sites excluding steroid dienone is 1. The summed E-state index contributed by atoms with van der Waals surface area (Å²) in [6.45, 7) is 5.98. The van der Waals surface area contributed by atoms with Crippen molar-refractivity contribution >= 4 is 0 Å². The predicted octanol–water partition coefficient (Wildman–Crippen LogP) is 4.58. The van der Waals surface area contributed by atoms with Crippen LogP contribution in [0.15, 0.2) is 35.9 Å². The van der Waals surface area contributed by atoms with Crippen LogP contribution in [-0.4, -0.2) is 13.1 Å². The van der Waals surface area contributed by atoms with Crippen LogP contribution in [0.2, 0.25) is 0 Å². The van der Waals surface area contributed by atoms with E-state index in [4.69, 9.17) is 0 Å². The van der Waals surface area contributed by atoms with E-state index in [1.54, 1.807) is 6.07 Å². The van der Waals surface area contributed by atoms with E-state index in [0.717, 1.165) is 37.6 Å². The molecule has 0 unspecified atom stereocenters. The van der Waals surface area contributed by atoms with Crippen molar-refractivity contribution in [2.75, 3.05) is 13.1 Å². The molecule has 0 atom stereocenters. The minimum Gasteiger partial charge on any atom is -0.316 e. The van der Waals surface area contributed by atoms with Gasteiger partial charge in [0.15, 0.2) is 0 Å². The van der Waals surface area contributed by atoms with Gasteiger partial charge >= 0.3 is 6.18 Å². The average Bonchev–Trinajstić information content (AvgIpc) is 2.38. The molecule has 112 valence electrons. The SMILES string of the molecule is CCCNCCC=C(C)Cc1cccc(C(F)(F)F)c1. The topological polar surface area (TPSA) is 12.0 Å². The van der Waals surface area contributed by atoms with Gasteiger partial charge < -0.3 is 5.32 Å². The van der Waals surface area contributed by atoms with Crippen molar-refractivity contribution in [3.8, 4) is 0 Å². The number of hydrogen-bond acceptors (Lipinski definition) is 1. The monoisotopic (exact) mass is 285 g/mol. The highest BCUT2D eigenvalue weighted by atomic mass is 19.4. The molecule has 4 heteroatoms. The molecule has 0 heterocycles. The Morgan fingerprint density at radius 1 is 1.25 bits per heavy atom. The second-order valence-electron chi connectivity index (χ2n) is 4.96. The van der Waals surface area contributed by atoms with Gasteiger partial charge in [-0.15, -0.1) is 0 Å². The second kappa shape index (κ2) is 8.10. The first kappa shape index (κ1) is 16.8. The summed E-state index contributed by atoms with van der Waals surface area (Å²) in [7, 11) is 0. The van der Waals surface area contributed by atoms with Gasteiger partial charge in [-0.3, -0.25) is 0 Å². The van der Waals surface area contributed by atoms with Gasteiger partial charge in [0, 0.05) is 0 Å². The zero-order chi connectivity index (χ0) is 15.0. The molecule has 20 heavy (non-hydrogen) atoms. The Bertz CT molecular complexity index is 436. The molecular weight excluding hydrogens is 263 g/mol. The normalized spacial score (nSPS) is 12.8. The van der Waals surface area contributed by atoms with Crippen molar-refractivity contribution in [3.05, 3.63) is 47.0 Å². The van der Waals surface area contributed by atoms with E-state index in [0.29, 0.717) is 12.0 Å². The van der Waals surface area contributed by atoms with E-state index in [1.165, 1.54) is 12.1 Å². The molecule has 0 fully saturated rings. The number of alkyl halides is 3. The van der Waals surface area contributed by atoms with Gasteiger partial charge in [-0.1, -0.05) is 36.8 Å². The van der Waals surface area contributed by atoms with Crippen molar-refractivity contribution < 1.29 is 13.2 Å². The predicted molar refractivity (Wildman–Crippen MR) is 76.7 cm³/mol. The van der Waals surface area contributed by atoms with Crippen LogP contribution < -0.4 is 5.32 Å². The fourth-order valence-electron chi connectivity index (χ4n) is 1.97. The zero-order valence-corrected chi connectivity index (χ0v) is 12.1. The second-order valence-corrected chi connectivity index (χ2v) is 4.96. The van der Waals surface area contributed by atoms with Crippen LogP contribution in [0.3, 0.4) is 0 Å². The number of halogens is 3. The Kier molecular flexibility index (Phi) is 6.79. The maximum Gasteiger partial charge on any atom is 0.416 e. The molecule has 0 aromatic heterocycles. The summed E-state index contributed by atoms with van der Waals surface area (Å²) in [5, 5.41) is 3.29. The lowest BCUT2D eigenvalue weighted by molar-refractivity contribution is -0.137. The van der Waals surface area contributed by atoms with Crippen molar-refractivity contribution in [2.45, 2.75) is 39.3 Å². The van der Waals surface area contributed by atoms with Crippen LogP contribution in [0, 0.1) is 0 Å². The van der Waals surface area contributed by atoms with Crippen LogP contribution >= 0.6 is 0 Å². The molecule has 1 N–H and O–H groups in total. The molecule has 1 aromatic rings. The Hall–Kier alpha value is -1.29. The largest absolute Gasteiger partial charge is 0.416 e. The molecule has 0 aliphatic carbocycles. The maximum absolute atomic E-state index is 12.6. The number of rotatable bonds is 7. The van der Waals surface area contributed by atoms with Crippen molar-refractivity contribution in [2.24, 2.45) is 0 Å². The maximum atomic E-state index is 12.6. The third-order valence-corrected chi connectivity index (χ3v) is 2.98. The van der Waals surface area contributed by atoms with E-state index in [9.17, 15) is 13.2 Å². The molecule has 0 aliphatic rings. The zero-order valence-electron chi connectivity index (χ0n) is 12.1. The standard InChI is InChI=1S/C16H22F3N/c1-3-9-20-10-5-6-13(2)11-14-7-4-8-15(12-14)16(17,18)19/h4,6-8,12,20H,3,5,9-11H2,1-2H3. The number of benzene rings is 1. The number of nitrogens with one attached hydrogen (secondary N) is 1.